The molecule has 14 nitrogen and oxygen atoms in total. The van der Waals surface area contributed by atoms with Crippen LogP contribution < -0.4 is 10.1 Å². The second kappa shape index (κ2) is 19.8. The zero-order valence-corrected chi connectivity index (χ0v) is 40.6. The largest absolute Gasteiger partial charge is 0.471 e. The Morgan fingerprint density at radius 2 is 1.65 bits per heavy atom. The zero-order valence-electron chi connectivity index (χ0n) is 39.8. The molecule has 1 fully saturated rings. The van der Waals surface area contributed by atoms with Gasteiger partial charge in [0.05, 0.1) is 71.7 Å². The highest BCUT2D eigenvalue weighted by atomic mass is 32.1. The molecule has 2 aliphatic rings. The first-order valence-corrected chi connectivity index (χ1v) is 23.6. The van der Waals surface area contributed by atoms with Gasteiger partial charge in [-0.2, -0.15) is 0 Å². The fourth-order valence-corrected chi connectivity index (χ4v) is 9.79. The van der Waals surface area contributed by atoms with Crippen molar-refractivity contribution in [2.75, 3.05) is 20.7 Å². The van der Waals surface area contributed by atoms with Crippen molar-refractivity contribution >= 4 is 40.7 Å². The van der Waals surface area contributed by atoms with Crippen molar-refractivity contribution in [3.8, 4) is 39.5 Å². The van der Waals surface area contributed by atoms with Crippen molar-refractivity contribution < 1.29 is 33.0 Å². The molecule has 2 amide bonds. The Labute approximate surface area is 390 Å². The molecule has 4 unspecified atom stereocenters. The highest BCUT2D eigenvalue weighted by molar-refractivity contribution is 7.12. The Morgan fingerprint density at radius 1 is 0.985 bits per heavy atom. The fourth-order valence-electron chi connectivity index (χ4n) is 8.82. The summed E-state index contributed by atoms with van der Waals surface area (Å²) in [5.41, 5.74) is 4.35. The second-order valence-electron chi connectivity index (χ2n) is 18.5. The fraction of sp³-hybridized carbons (Fsp3) is 0.460. The molecule has 6 aromatic rings. The van der Waals surface area contributed by atoms with Gasteiger partial charge in [-0.1, -0.05) is 47.6 Å². The van der Waals surface area contributed by atoms with Crippen LogP contribution in [0.1, 0.15) is 96.4 Å². The van der Waals surface area contributed by atoms with Gasteiger partial charge in [0, 0.05) is 34.0 Å². The van der Waals surface area contributed by atoms with Gasteiger partial charge in [-0.25, -0.2) is 19.2 Å². The lowest BCUT2D eigenvalue weighted by molar-refractivity contribution is -0.135. The number of hydrogen-bond donors (Lipinski definition) is 3. The maximum Gasteiger partial charge on any atom is 0.410 e. The van der Waals surface area contributed by atoms with E-state index in [0.717, 1.165) is 39.9 Å². The number of aromatic nitrogens is 5. The number of nitrogens with one attached hydrogen (secondary N) is 3. The quantitative estimate of drug-likeness (QED) is 0.0853. The molecule has 1 aliphatic carbocycles. The number of aryl methyl sites for hydroxylation is 1. The summed E-state index contributed by atoms with van der Waals surface area (Å²) in [5.74, 6) is 2.22. The molecule has 0 saturated heterocycles. The molecule has 0 bridgehead atoms. The molecule has 16 heteroatoms. The summed E-state index contributed by atoms with van der Waals surface area (Å²) in [5, 5.41) is 4.08. The second-order valence-corrected chi connectivity index (χ2v) is 19.7. The van der Waals surface area contributed by atoms with E-state index in [4.69, 9.17) is 19.3 Å². The maximum absolute atomic E-state index is 16.7. The van der Waals surface area contributed by atoms with E-state index in [-0.39, 0.29) is 30.0 Å². The van der Waals surface area contributed by atoms with Gasteiger partial charge >= 0.3 is 6.09 Å². The van der Waals surface area contributed by atoms with E-state index in [1.807, 2.05) is 71.7 Å². The highest BCUT2D eigenvalue weighted by Crippen LogP contribution is 2.48. The summed E-state index contributed by atoms with van der Waals surface area (Å²) in [6.45, 7) is 19.8. The lowest BCUT2D eigenvalue weighted by atomic mass is 10.0. The van der Waals surface area contributed by atoms with Crippen LogP contribution in [-0.4, -0.2) is 91.2 Å². The van der Waals surface area contributed by atoms with E-state index in [1.54, 1.807) is 28.6 Å². The van der Waals surface area contributed by atoms with Crippen molar-refractivity contribution in [2.45, 2.75) is 112 Å². The minimum Gasteiger partial charge on any atom is -0.471 e. The maximum atomic E-state index is 16.7. The Morgan fingerprint density at radius 3 is 2.23 bits per heavy atom. The molecule has 0 spiro atoms. The van der Waals surface area contributed by atoms with E-state index in [1.165, 1.54) is 18.1 Å². The number of aromatic amines is 2. The van der Waals surface area contributed by atoms with Crippen LogP contribution in [0.25, 0.3) is 44.7 Å². The van der Waals surface area contributed by atoms with Crippen LogP contribution in [0.5, 0.6) is 5.75 Å². The number of amides is 2. The Kier molecular flexibility index (Phi) is 14.4. The molecule has 4 atom stereocenters. The molecule has 1 aliphatic heterocycles. The smallest absolute Gasteiger partial charge is 0.410 e. The van der Waals surface area contributed by atoms with E-state index >= 15 is 4.39 Å². The van der Waals surface area contributed by atoms with Crippen molar-refractivity contribution in [1.29, 1.82) is 0 Å². The molecule has 2 aromatic carbocycles. The summed E-state index contributed by atoms with van der Waals surface area (Å²) in [7, 11) is 3.12. The van der Waals surface area contributed by atoms with Gasteiger partial charge < -0.3 is 34.4 Å². The molecule has 5 heterocycles. The Balaban J connectivity index is 0.00000156. The first-order chi connectivity index (χ1) is 31.5. The van der Waals surface area contributed by atoms with Gasteiger partial charge in [-0.15, -0.1) is 11.3 Å². The average Bonchev–Trinajstić information content (AvgIpc) is 3.95. The molecule has 8 rings (SSSR count). The number of benzene rings is 2. The van der Waals surface area contributed by atoms with Crippen LogP contribution in [0.3, 0.4) is 0 Å². The zero-order chi connectivity index (χ0) is 47.6. The van der Waals surface area contributed by atoms with Crippen LogP contribution in [0, 0.1) is 23.6 Å². The lowest BCUT2D eigenvalue weighted by Gasteiger charge is -2.30. The van der Waals surface area contributed by atoms with Crippen LogP contribution >= 0.6 is 11.3 Å². The molecule has 352 valence electrons. The summed E-state index contributed by atoms with van der Waals surface area (Å²) >= 11 is 1.69. The minimum absolute atomic E-state index is 0.0260. The SMILES string of the molecule is CCCN(Cc1ncc(-c2cc(F)c3c(c2)OC(c2ccc(CC)s2)n2c-3cc3cc(-c4cnc(CN(C(=O)OC(C)(C)C)C5C(C)C5C)[nH]4)ccc32)[nH]1)C(=O)C(NC)C(C)C.COC=O. The number of thiophene rings is 1. The first-order valence-electron chi connectivity index (χ1n) is 22.7. The molecule has 0 radical (unpaired) electrons. The molecule has 66 heavy (non-hydrogen) atoms. The number of fused-ring (bicyclic) bond motifs is 5. The number of rotatable bonds is 15. The number of carbonyl (C=O) groups is 3. The topological polar surface area (TPSA) is 160 Å². The number of imidazole rings is 2. The van der Waals surface area contributed by atoms with Gasteiger partial charge in [0.1, 0.15) is 28.8 Å². The van der Waals surface area contributed by atoms with E-state index < -0.39 is 17.6 Å². The van der Waals surface area contributed by atoms with Gasteiger partial charge in [0.15, 0.2) is 0 Å². The molecular weight excluding hydrogens is 860 g/mol. The molecule has 4 aromatic heterocycles. The summed E-state index contributed by atoms with van der Waals surface area (Å²) < 4.78 is 35.3. The minimum atomic E-state index is -0.609. The van der Waals surface area contributed by atoms with E-state index in [9.17, 15) is 9.59 Å². The predicted molar refractivity (Wildman–Crippen MR) is 255 cm³/mol. The summed E-state index contributed by atoms with van der Waals surface area (Å²) in [6.07, 6.45) is 4.32. The molecule has 1 saturated carbocycles. The number of carbonyl (C=O) groups excluding carboxylic acids is 3. The number of hydrogen-bond acceptors (Lipinski definition) is 10. The molecular formula is C50H63FN8O6S. The van der Waals surface area contributed by atoms with E-state index in [2.05, 4.69) is 74.6 Å². The third-order valence-corrected chi connectivity index (χ3v) is 13.6. The van der Waals surface area contributed by atoms with Gasteiger partial charge in [0.2, 0.25) is 12.1 Å². The lowest BCUT2D eigenvalue weighted by Crippen LogP contribution is -2.48. The van der Waals surface area contributed by atoms with Crippen LogP contribution in [-0.2, 0) is 38.6 Å². The van der Waals surface area contributed by atoms with Crippen molar-refractivity contribution in [1.82, 2.24) is 39.6 Å². The number of ether oxygens (including phenoxy) is 3. The third kappa shape index (κ3) is 10.0. The summed E-state index contributed by atoms with van der Waals surface area (Å²) in [6, 6.07) is 15.6. The standard InChI is InChI=1S/C48H59FN8O4S.C2H4O2/c1-11-17-55(45(58)43(50-10)26(3)4)24-40-51-23-35(54-40)30-19-33(49)42-37-20-31-18-29(13-15-36(31)57(37)46(60-38(42)21-30)39-16-14-32(12-2)62-39)34-22-52-41(53-34)25-56(44-27(5)28(44)6)47(59)61-48(7,8)9;1-4-2-3/h13-16,18-23,26-28,43-44,46,50H,11-12,17,24-25H2,1-10H3,(H,51,54)(H,52,53);2H,1H3. The highest BCUT2D eigenvalue weighted by Gasteiger charge is 2.50. The number of halogens is 1. The van der Waals surface area contributed by atoms with E-state index in [0.29, 0.717) is 77.9 Å². The van der Waals surface area contributed by atoms with Crippen molar-refractivity contribution in [3.63, 3.8) is 0 Å². The van der Waals surface area contributed by atoms with Crippen LogP contribution in [0.2, 0.25) is 0 Å². The monoisotopic (exact) mass is 922 g/mol. The van der Waals surface area contributed by atoms with Gasteiger partial charge in [-0.3, -0.25) is 19.1 Å². The number of H-pyrrole nitrogens is 2. The third-order valence-electron chi connectivity index (χ3n) is 12.3. The van der Waals surface area contributed by atoms with Gasteiger partial charge in [0.25, 0.3) is 6.47 Å². The Hall–Kier alpha value is -6.00. The van der Waals surface area contributed by atoms with Crippen LogP contribution in [0.4, 0.5) is 9.18 Å². The molecule has 3 N–H and O–H groups in total. The number of nitrogens with zero attached hydrogens (tertiary/aromatic N) is 5. The van der Waals surface area contributed by atoms with Crippen LogP contribution in [0.15, 0.2) is 60.9 Å². The summed E-state index contributed by atoms with van der Waals surface area (Å²) in [4.78, 5) is 57.8. The average molecular weight is 923 g/mol. The predicted octanol–water partition coefficient (Wildman–Crippen LogP) is 9.95. The Bertz CT molecular complexity index is 2670. The first kappa shape index (κ1) is 47.9. The van der Waals surface area contributed by atoms with Gasteiger partial charge in [-0.05, 0) is 101 Å². The normalized spacial score (nSPS) is 17.8. The van der Waals surface area contributed by atoms with Crippen molar-refractivity contribution in [3.05, 3.63) is 88.1 Å². The van der Waals surface area contributed by atoms with Crippen molar-refractivity contribution in [2.24, 2.45) is 17.8 Å². The number of methoxy groups -OCH3 is 1. The number of likely N-dealkylation sites (N-methyl/N-ethyl adjacent to an activating group) is 1.